The molecule has 1 unspecified atom stereocenters. The number of carbonyl (C=O) groups excluding carboxylic acids is 2. The van der Waals surface area contributed by atoms with E-state index >= 15 is 0 Å². The first-order valence-corrected chi connectivity index (χ1v) is 6.24. The van der Waals surface area contributed by atoms with Gasteiger partial charge in [-0.05, 0) is 37.3 Å². The molecule has 2 aromatic rings. The van der Waals surface area contributed by atoms with Gasteiger partial charge in [0.1, 0.15) is 6.04 Å². The van der Waals surface area contributed by atoms with E-state index in [9.17, 15) is 9.59 Å². The molecule has 0 saturated carbocycles. The molecule has 1 atom stereocenters. The molecule has 1 N–H and O–H groups in total. The number of nitrogens with one attached hydrogen (secondary N) is 1. The molecule has 1 aromatic carbocycles. The molecule has 0 fully saturated rings. The second kappa shape index (κ2) is 6.06. The Morgan fingerprint density at radius 2 is 1.90 bits per heavy atom. The van der Waals surface area contributed by atoms with Crippen molar-refractivity contribution in [1.82, 2.24) is 9.88 Å². The number of carbonyl (C=O) groups is 2. The molecule has 0 bridgehead atoms. The van der Waals surface area contributed by atoms with Crippen molar-refractivity contribution in [3.8, 4) is 5.69 Å². The highest BCUT2D eigenvalue weighted by molar-refractivity contribution is 5.97. The van der Waals surface area contributed by atoms with Crippen molar-refractivity contribution in [1.29, 1.82) is 0 Å². The Morgan fingerprint density at radius 1 is 1.20 bits per heavy atom. The van der Waals surface area contributed by atoms with E-state index in [-0.39, 0.29) is 5.91 Å². The van der Waals surface area contributed by atoms with Gasteiger partial charge in [-0.2, -0.15) is 0 Å². The summed E-state index contributed by atoms with van der Waals surface area (Å²) < 4.78 is 6.48. The zero-order chi connectivity index (χ0) is 14.5. The minimum atomic E-state index is -0.678. The van der Waals surface area contributed by atoms with E-state index in [0.29, 0.717) is 5.56 Å². The molecule has 0 spiro atoms. The van der Waals surface area contributed by atoms with Gasteiger partial charge in [0.25, 0.3) is 5.91 Å². The average molecular weight is 272 g/mol. The van der Waals surface area contributed by atoms with Gasteiger partial charge >= 0.3 is 5.97 Å². The van der Waals surface area contributed by atoms with Crippen LogP contribution in [0.3, 0.4) is 0 Å². The molecule has 0 aliphatic heterocycles. The predicted molar refractivity (Wildman–Crippen MR) is 74.7 cm³/mol. The summed E-state index contributed by atoms with van der Waals surface area (Å²) in [7, 11) is 1.29. The molecule has 1 aromatic heterocycles. The maximum Gasteiger partial charge on any atom is 0.328 e. The van der Waals surface area contributed by atoms with Crippen molar-refractivity contribution in [3.63, 3.8) is 0 Å². The fourth-order valence-electron chi connectivity index (χ4n) is 1.83. The van der Waals surface area contributed by atoms with Gasteiger partial charge in [-0.3, -0.25) is 4.79 Å². The van der Waals surface area contributed by atoms with Crippen molar-refractivity contribution in [2.75, 3.05) is 7.11 Å². The first-order chi connectivity index (χ1) is 9.61. The van der Waals surface area contributed by atoms with Crippen molar-refractivity contribution in [2.45, 2.75) is 13.0 Å². The van der Waals surface area contributed by atoms with Crippen LogP contribution in [0.25, 0.3) is 5.69 Å². The van der Waals surface area contributed by atoms with Crippen LogP contribution in [0.15, 0.2) is 48.8 Å². The van der Waals surface area contributed by atoms with E-state index in [4.69, 9.17) is 0 Å². The summed E-state index contributed by atoms with van der Waals surface area (Å²) in [4.78, 5) is 23.4. The Morgan fingerprint density at radius 3 is 2.55 bits per heavy atom. The van der Waals surface area contributed by atoms with Gasteiger partial charge in [-0.25, -0.2) is 4.79 Å². The van der Waals surface area contributed by atoms with Gasteiger partial charge in [-0.15, -0.1) is 0 Å². The van der Waals surface area contributed by atoms with E-state index in [0.717, 1.165) is 5.69 Å². The number of hydrogen-bond donors (Lipinski definition) is 1. The van der Waals surface area contributed by atoms with Crippen LogP contribution in [0.2, 0.25) is 0 Å². The van der Waals surface area contributed by atoms with E-state index < -0.39 is 12.0 Å². The van der Waals surface area contributed by atoms with Crippen LogP contribution in [0, 0.1) is 0 Å². The maximum absolute atomic E-state index is 12.1. The molecular weight excluding hydrogens is 256 g/mol. The highest BCUT2D eigenvalue weighted by Gasteiger charge is 2.16. The zero-order valence-electron chi connectivity index (χ0n) is 11.4. The normalized spacial score (nSPS) is 11.7. The highest BCUT2D eigenvalue weighted by Crippen LogP contribution is 2.11. The summed E-state index contributed by atoms with van der Waals surface area (Å²) in [5, 5.41) is 2.60. The first-order valence-electron chi connectivity index (χ1n) is 6.24. The molecule has 0 aliphatic carbocycles. The smallest absolute Gasteiger partial charge is 0.328 e. The minimum Gasteiger partial charge on any atom is -0.467 e. The highest BCUT2D eigenvalue weighted by atomic mass is 16.5. The van der Waals surface area contributed by atoms with E-state index in [1.54, 1.807) is 25.1 Å². The first kappa shape index (κ1) is 13.9. The molecule has 0 radical (unpaired) electrons. The number of ether oxygens (including phenoxy) is 1. The maximum atomic E-state index is 12.1. The number of hydrogen-bond acceptors (Lipinski definition) is 3. The molecule has 5 nitrogen and oxygen atoms in total. The van der Waals surface area contributed by atoms with Crippen molar-refractivity contribution >= 4 is 11.9 Å². The lowest BCUT2D eigenvalue weighted by molar-refractivity contribution is -0.142. The van der Waals surface area contributed by atoms with Crippen LogP contribution < -0.4 is 5.32 Å². The van der Waals surface area contributed by atoms with Crippen LogP contribution in [-0.2, 0) is 9.53 Å². The number of methoxy groups -OCH3 is 1. The van der Waals surface area contributed by atoms with Gasteiger partial charge in [0.15, 0.2) is 0 Å². The van der Waals surface area contributed by atoms with E-state index in [1.807, 2.05) is 35.2 Å². The summed E-state index contributed by atoms with van der Waals surface area (Å²) in [5.41, 5.74) is 1.38. The second-order valence-corrected chi connectivity index (χ2v) is 4.36. The van der Waals surface area contributed by atoms with Gasteiger partial charge in [0.2, 0.25) is 0 Å². The number of aromatic nitrogens is 1. The molecule has 0 aliphatic rings. The Balaban J connectivity index is 2.15. The lowest BCUT2D eigenvalue weighted by Gasteiger charge is -2.12. The summed E-state index contributed by atoms with van der Waals surface area (Å²) in [6, 6.07) is 10.3. The lowest BCUT2D eigenvalue weighted by Crippen LogP contribution is -2.39. The summed E-state index contributed by atoms with van der Waals surface area (Å²) >= 11 is 0. The average Bonchev–Trinajstić information content (AvgIpc) is 3.00. The van der Waals surface area contributed by atoms with Crippen LogP contribution >= 0.6 is 0 Å². The molecule has 1 heterocycles. The van der Waals surface area contributed by atoms with E-state index in [1.165, 1.54) is 7.11 Å². The number of rotatable bonds is 4. The van der Waals surface area contributed by atoms with Gasteiger partial charge in [0, 0.05) is 23.6 Å². The number of esters is 1. The quantitative estimate of drug-likeness (QED) is 0.863. The lowest BCUT2D eigenvalue weighted by atomic mass is 10.1. The van der Waals surface area contributed by atoms with Crippen molar-refractivity contribution in [3.05, 3.63) is 54.4 Å². The molecule has 2 rings (SSSR count). The predicted octanol–water partition coefficient (Wildman–Crippen LogP) is 1.77. The van der Waals surface area contributed by atoms with E-state index in [2.05, 4.69) is 10.1 Å². The van der Waals surface area contributed by atoms with Crippen molar-refractivity contribution in [2.24, 2.45) is 0 Å². The van der Waals surface area contributed by atoms with Crippen molar-refractivity contribution < 1.29 is 14.3 Å². The van der Waals surface area contributed by atoms with Crippen LogP contribution in [0.5, 0.6) is 0 Å². The zero-order valence-corrected chi connectivity index (χ0v) is 11.4. The minimum absolute atomic E-state index is 0.308. The standard InChI is InChI=1S/C15H16N2O3/c1-11(15(19)20-2)16-14(18)12-6-5-7-13(10-12)17-8-3-4-9-17/h3-11H,1-2H3,(H,16,18). The SMILES string of the molecule is COC(=O)C(C)NC(=O)c1cccc(-n2cccc2)c1. The topological polar surface area (TPSA) is 60.3 Å². The van der Waals surface area contributed by atoms with Gasteiger partial charge in [-0.1, -0.05) is 6.07 Å². The Kier molecular flexibility index (Phi) is 4.20. The monoisotopic (exact) mass is 272 g/mol. The third-order valence-corrected chi connectivity index (χ3v) is 2.91. The van der Waals surface area contributed by atoms with Gasteiger partial charge < -0.3 is 14.6 Å². The largest absolute Gasteiger partial charge is 0.467 e. The van der Waals surface area contributed by atoms with Crippen LogP contribution in [-0.4, -0.2) is 29.6 Å². The van der Waals surface area contributed by atoms with Crippen LogP contribution in [0.1, 0.15) is 17.3 Å². The molecule has 0 saturated heterocycles. The third kappa shape index (κ3) is 3.06. The second-order valence-electron chi connectivity index (χ2n) is 4.36. The summed E-state index contributed by atoms with van der Waals surface area (Å²) in [6.07, 6.45) is 3.79. The number of nitrogens with zero attached hydrogens (tertiary/aromatic N) is 1. The Labute approximate surface area is 117 Å². The van der Waals surface area contributed by atoms with Crippen LogP contribution in [0.4, 0.5) is 0 Å². The third-order valence-electron chi connectivity index (χ3n) is 2.91. The fourth-order valence-corrected chi connectivity index (χ4v) is 1.83. The van der Waals surface area contributed by atoms with Gasteiger partial charge in [0.05, 0.1) is 7.11 Å². The fraction of sp³-hybridized carbons (Fsp3) is 0.200. The number of benzene rings is 1. The summed E-state index contributed by atoms with van der Waals surface area (Å²) in [6.45, 7) is 1.58. The molecule has 1 amide bonds. The molecule has 104 valence electrons. The molecule has 20 heavy (non-hydrogen) atoms. The Hall–Kier alpha value is -2.56. The molecular formula is C15H16N2O3. The summed E-state index contributed by atoms with van der Waals surface area (Å²) in [5.74, 6) is -0.781. The number of amides is 1. The Bertz CT molecular complexity index is 605. The molecule has 5 heteroatoms.